The molecular weight excluding hydrogens is 300 g/mol. The monoisotopic (exact) mass is 319 g/mol. The van der Waals surface area contributed by atoms with Crippen LogP contribution < -0.4 is 10.5 Å². The van der Waals surface area contributed by atoms with E-state index in [9.17, 15) is 13.6 Å². The van der Waals surface area contributed by atoms with Crippen LogP contribution in [-0.4, -0.2) is 23.1 Å². The van der Waals surface area contributed by atoms with E-state index in [0.717, 1.165) is 25.9 Å². The van der Waals surface area contributed by atoms with Crippen molar-refractivity contribution in [3.05, 3.63) is 57.5 Å². The van der Waals surface area contributed by atoms with E-state index in [4.69, 9.17) is 0 Å². The molecule has 0 atom stereocenters. The van der Waals surface area contributed by atoms with Crippen LogP contribution in [0.15, 0.2) is 29.1 Å². The maximum absolute atomic E-state index is 13.8. The smallest absolute Gasteiger partial charge is 0.252 e. The van der Waals surface area contributed by atoms with Gasteiger partial charge >= 0.3 is 0 Å². The summed E-state index contributed by atoms with van der Waals surface area (Å²) in [5, 5.41) is 0. The quantitative estimate of drug-likeness (QED) is 0.946. The SMILES string of the molecule is O=c1cc(Cc2c(F)cccc2F)nc(N2CCCCCC2)[nH]1. The maximum atomic E-state index is 13.8. The fourth-order valence-electron chi connectivity index (χ4n) is 2.90. The second kappa shape index (κ2) is 6.89. The lowest BCUT2D eigenvalue weighted by molar-refractivity contribution is 0.560. The van der Waals surface area contributed by atoms with Crippen LogP contribution in [0.5, 0.6) is 0 Å². The van der Waals surface area contributed by atoms with Gasteiger partial charge < -0.3 is 4.90 Å². The van der Waals surface area contributed by atoms with Crippen molar-refractivity contribution in [2.75, 3.05) is 18.0 Å². The molecule has 2 heterocycles. The number of anilines is 1. The Morgan fingerprint density at radius 1 is 1.09 bits per heavy atom. The number of hydrogen-bond donors (Lipinski definition) is 1. The minimum atomic E-state index is -0.622. The van der Waals surface area contributed by atoms with E-state index in [2.05, 4.69) is 9.97 Å². The van der Waals surface area contributed by atoms with Crippen molar-refractivity contribution in [3.8, 4) is 0 Å². The van der Waals surface area contributed by atoms with Crippen LogP contribution in [0.2, 0.25) is 0 Å². The predicted octanol–water partition coefficient (Wildman–Crippen LogP) is 3.02. The molecule has 1 aliphatic heterocycles. The number of nitrogens with zero attached hydrogens (tertiary/aromatic N) is 2. The molecule has 4 nitrogen and oxygen atoms in total. The second-order valence-corrected chi connectivity index (χ2v) is 5.84. The Kier molecular flexibility index (Phi) is 4.69. The van der Waals surface area contributed by atoms with E-state index < -0.39 is 11.6 Å². The van der Waals surface area contributed by atoms with Gasteiger partial charge in [-0.15, -0.1) is 0 Å². The van der Waals surface area contributed by atoms with Crippen LogP contribution >= 0.6 is 0 Å². The van der Waals surface area contributed by atoms with Crippen LogP contribution in [0.3, 0.4) is 0 Å². The van der Waals surface area contributed by atoms with E-state index >= 15 is 0 Å². The summed E-state index contributed by atoms with van der Waals surface area (Å²) >= 11 is 0. The molecule has 23 heavy (non-hydrogen) atoms. The fourth-order valence-corrected chi connectivity index (χ4v) is 2.90. The van der Waals surface area contributed by atoms with Crippen molar-refractivity contribution in [3.63, 3.8) is 0 Å². The molecule has 2 aromatic rings. The highest BCUT2D eigenvalue weighted by Gasteiger charge is 2.15. The molecular formula is C17H19F2N3O. The third kappa shape index (κ3) is 3.75. The summed E-state index contributed by atoms with van der Waals surface area (Å²) in [4.78, 5) is 21.1. The van der Waals surface area contributed by atoms with Gasteiger partial charge in [0.2, 0.25) is 5.95 Å². The minimum absolute atomic E-state index is 0.0384. The number of aromatic amines is 1. The second-order valence-electron chi connectivity index (χ2n) is 5.84. The molecule has 122 valence electrons. The number of rotatable bonds is 3. The molecule has 1 aromatic carbocycles. The average molecular weight is 319 g/mol. The average Bonchev–Trinajstić information content (AvgIpc) is 2.80. The topological polar surface area (TPSA) is 49.0 Å². The Bertz CT molecular complexity index is 717. The highest BCUT2D eigenvalue weighted by atomic mass is 19.1. The Balaban J connectivity index is 1.90. The van der Waals surface area contributed by atoms with Crippen molar-refractivity contribution in [2.45, 2.75) is 32.1 Å². The van der Waals surface area contributed by atoms with Gasteiger partial charge in [-0.3, -0.25) is 9.78 Å². The number of H-pyrrole nitrogens is 1. The van der Waals surface area contributed by atoms with Crippen LogP contribution in [0.4, 0.5) is 14.7 Å². The lowest BCUT2D eigenvalue weighted by atomic mass is 10.1. The molecule has 0 spiro atoms. The first-order valence-corrected chi connectivity index (χ1v) is 7.91. The van der Waals surface area contributed by atoms with Gasteiger partial charge in [-0.1, -0.05) is 18.9 Å². The molecule has 0 radical (unpaired) electrons. The standard InChI is InChI=1S/C17H19F2N3O/c18-14-6-5-7-15(19)13(14)10-12-11-16(23)21-17(20-12)22-8-3-1-2-4-9-22/h5-7,11H,1-4,8-10H2,(H,20,21,23). The zero-order chi connectivity index (χ0) is 16.2. The summed E-state index contributed by atoms with van der Waals surface area (Å²) in [6.45, 7) is 1.67. The Morgan fingerprint density at radius 2 is 1.74 bits per heavy atom. The lowest BCUT2D eigenvalue weighted by Crippen LogP contribution is -2.28. The van der Waals surface area contributed by atoms with Gasteiger partial charge in [-0.05, 0) is 25.0 Å². The predicted molar refractivity (Wildman–Crippen MR) is 84.7 cm³/mol. The molecule has 1 N–H and O–H groups in total. The third-order valence-electron chi connectivity index (χ3n) is 4.11. The summed E-state index contributed by atoms with van der Waals surface area (Å²) in [7, 11) is 0. The number of aromatic nitrogens is 2. The zero-order valence-electron chi connectivity index (χ0n) is 12.8. The van der Waals surface area contributed by atoms with E-state index in [1.807, 2.05) is 4.90 Å². The molecule has 0 unspecified atom stereocenters. The molecule has 1 fully saturated rings. The third-order valence-corrected chi connectivity index (χ3v) is 4.11. The summed E-state index contributed by atoms with van der Waals surface area (Å²) in [6.07, 6.45) is 4.40. The van der Waals surface area contributed by atoms with Gasteiger partial charge in [0.25, 0.3) is 5.56 Å². The lowest BCUT2D eigenvalue weighted by Gasteiger charge is -2.21. The Labute approximate surface area is 133 Å². The first-order valence-electron chi connectivity index (χ1n) is 7.91. The van der Waals surface area contributed by atoms with Crippen LogP contribution in [0.25, 0.3) is 0 Å². The molecule has 0 bridgehead atoms. The van der Waals surface area contributed by atoms with Crippen molar-refractivity contribution < 1.29 is 8.78 Å². The van der Waals surface area contributed by atoms with Crippen LogP contribution in [-0.2, 0) is 6.42 Å². The van der Waals surface area contributed by atoms with Gasteiger partial charge in [0, 0.05) is 31.1 Å². The molecule has 6 heteroatoms. The largest absolute Gasteiger partial charge is 0.342 e. The number of halogens is 2. The number of nitrogens with one attached hydrogen (secondary N) is 1. The van der Waals surface area contributed by atoms with Crippen molar-refractivity contribution >= 4 is 5.95 Å². The minimum Gasteiger partial charge on any atom is -0.342 e. The molecule has 1 aromatic heterocycles. The maximum Gasteiger partial charge on any atom is 0.252 e. The molecule has 3 rings (SSSR count). The van der Waals surface area contributed by atoms with E-state index in [1.165, 1.54) is 37.1 Å². The summed E-state index contributed by atoms with van der Waals surface area (Å²) in [5.41, 5.74) is 0.00964. The number of hydrogen-bond acceptors (Lipinski definition) is 3. The highest BCUT2D eigenvalue weighted by molar-refractivity contribution is 5.32. The van der Waals surface area contributed by atoms with Gasteiger partial charge in [0.05, 0.1) is 5.69 Å². The van der Waals surface area contributed by atoms with Crippen molar-refractivity contribution in [1.29, 1.82) is 0 Å². The van der Waals surface area contributed by atoms with Crippen molar-refractivity contribution in [1.82, 2.24) is 9.97 Å². The Morgan fingerprint density at radius 3 is 2.39 bits per heavy atom. The molecule has 0 aliphatic carbocycles. The van der Waals surface area contributed by atoms with Crippen LogP contribution in [0, 0.1) is 11.6 Å². The van der Waals surface area contributed by atoms with Gasteiger partial charge in [-0.2, -0.15) is 0 Å². The normalized spacial score (nSPS) is 15.5. The molecule has 0 amide bonds. The van der Waals surface area contributed by atoms with Crippen LogP contribution in [0.1, 0.15) is 36.9 Å². The molecule has 0 saturated carbocycles. The van der Waals surface area contributed by atoms with Gasteiger partial charge in [-0.25, -0.2) is 13.8 Å². The zero-order valence-corrected chi connectivity index (χ0v) is 12.8. The van der Waals surface area contributed by atoms with Crippen molar-refractivity contribution in [2.24, 2.45) is 0 Å². The highest BCUT2D eigenvalue weighted by Crippen LogP contribution is 2.18. The molecule has 1 aliphatic rings. The summed E-state index contributed by atoms with van der Waals surface area (Å²) in [6, 6.07) is 5.04. The van der Waals surface area contributed by atoms with Gasteiger partial charge in [0.1, 0.15) is 11.6 Å². The summed E-state index contributed by atoms with van der Waals surface area (Å²) < 4.78 is 27.6. The van der Waals surface area contributed by atoms with E-state index in [1.54, 1.807) is 0 Å². The summed E-state index contributed by atoms with van der Waals surface area (Å²) in [5.74, 6) is -0.752. The Hall–Kier alpha value is -2.24. The van der Waals surface area contributed by atoms with E-state index in [0.29, 0.717) is 11.6 Å². The van der Waals surface area contributed by atoms with Gasteiger partial charge in [0.15, 0.2) is 0 Å². The number of benzene rings is 1. The first kappa shape index (κ1) is 15.6. The molecule has 1 saturated heterocycles. The van der Waals surface area contributed by atoms with E-state index in [-0.39, 0.29) is 17.5 Å². The first-order chi connectivity index (χ1) is 11.1. The fraction of sp³-hybridized carbons (Fsp3) is 0.412.